The Morgan fingerprint density at radius 1 is 0.968 bits per heavy atom. The zero-order valence-electron chi connectivity index (χ0n) is 18.2. The fraction of sp³-hybridized carbons (Fsp3) is 0.250. The molecule has 0 bridgehead atoms. The van der Waals surface area contributed by atoms with Crippen LogP contribution in [0.15, 0.2) is 59.3 Å². The van der Waals surface area contributed by atoms with E-state index < -0.39 is 25.1 Å². The van der Waals surface area contributed by atoms with Crippen LogP contribution in [-0.4, -0.2) is 18.2 Å². The molecule has 0 radical (unpaired) electrons. The first-order valence-electron chi connectivity index (χ1n) is 10.1. The molecule has 31 heavy (non-hydrogen) atoms. The maximum atomic E-state index is 15.1. The van der Waals surface area contributed by atoms with Gasteiger partial charge in [-0.3, -0.25) is 0 Å². The van der Waals surface area contributed by atoms with Gasteiger partial charge in [0, 0.05) is 16.4 Å². The number of hydrogen-bond acceptors (Lipinski definition) is 4. The van der Waals surface area contributed by atoms with Crippen LogP contribution >= 0.6 is 0 Å². The SMILES string of the molecule is CC(C)(c1cc([Si](C)(C)C)on1)c1c(F)cccc1Oc1cnc2c(F)cccc2c1. The molecule has 4 aromatic rings. The van der Waals surface area contributed by atoms with E-state index in [9.17, 15) is 4.39 Å². The van der Waals surface area contributed by atoms with E-state index in [1.807, 2.05) is 19.9 Å². The number of benzene rings is 2. The van der Waals surface area contributed by atoms with Crippen molar-refractivity contribution in [2.75, 3.05) is 0 Å². The van der Waals surface area contributed by atoms with Crippen LogP contribution in [0.2, 0.25) is 19.6 Å². The monoisotopic (exact) mass is 438 g/mol. The predicted octanol–water partition coefficient (Wildman–Crippen LogP) is 6.16. The minimum absolute atomic E-state index is 0.260. The maximum absolute atomic E-state index is 15.1. The van der Waals surface area contributed by atoms with Crippen molar-refractivity contribution in [3.63, 3.8) is 0 Å². The summed E-state index contributed by atoms with van der Waals surface area (Å²) in [7, 11) is -1.70. The van der Waals surface area contributed by atoms with Crippen LogP contribution in [0.3, 0.4) is 0 Å². The number of nitrogens with zero attached hydrogens (tertiary/aromatic N) is 2. The average molecular weight is 439 g/mol. The van der Waals surface area contributed by atoms with Crippen LogP contribution in [0.5, 0.6) is 11.5 Å². The summed E-state index contributed by atoms with van der Waals surface area (Å²) in [6, 6.07) is 13.0. The highest BCUT2D eigenvalue weighted by atomic mass is 28.3. The van der Waals surface area contributed by atoms with Gasteiger partial charge in [-0.1, -0.05) is 43.0 Å². The largest absolute Gasteiger partial charge is 0.455 e. The third kappa shape index (κ3) is 3.97. The highest BCUT2D eigenvalue weighted by molar-refractivity contribution is 6.87. The number of fused-ring (bicyclic) bond motifs is 1. The Kier molecular flexibility index (Phi) is 5.17. The van der Waals surface area contributed by atoms with Gasteiger partial charge in [-0.2, -0.15) is 0 Å². The van der Waals surface area contributed by atoms with Gasteiger partial charge in [-0.15, -0.1) is 0 Å². The summed E-state index contributed by atoms with van der Waals surface area (Å²) in [5.74, 6) is -0.0653. The summed E-state index contributed by atoms with van der Waals surface area (Å²) in [4.78, 5) is 4.16. The van der Waals surface area contributed by atoms with Gasteiger partial charge in [0.15, 0.2) is 0 Å². The third-order valence-corrected chi connectivity index (χ3v) is 7.07. The molecule has 0 aliphatic heterocycles. The Bertz CT molecular complexity index is 1260. The van der Waals surface area contributed by atoms with Crippen molar-refractivity contribution in [2.45, 2.75) is 38.9 Å². The molecule has 0 saturated carbocycles. The molecule has 0 aliphatic carbocycles. The molecule has 0 amide bonds. The molecule has 4 nitrogen and oxygen atoms in total. The van der Waals surface area contributed by atoms with Gasteiger partial charge >= 0.3 is 0 Å². The summed E-state index contributed by atoms with van der Waals surface area (Å²) in [6.07, 6.45) is 1.44. The van der Waals surface area contributed by atoms with Gasteiger partial charge in [0.25, 0.3) is 0 Å². The number of halogens is 2. The quantitative estimate of drug-likeness (QED) is 0.350. The Morgan fingerprint density at radius 3 is 2.39 bits per heavy atom. The van der Waals surface area contributed by atoms with Crippen molar-refractivity contribution >= 4 is 24.4 Å². The number of rotatable bonds is 5. The van der Waals surface area contributed by atoms with Gasteiger partial charge in [0.2, 0.25) is 0 Å². The molecule has 160 valence electrons. The average Bonchev–Trinajstić information content (AvgIpc) is 3.20. The van der Waals surface area contributed by atoms with E-state index in [2.05, 4.69) is 29.8 Å². The summed E-state index contributed by atoms with van der Waals surface area (Å²) < 4.78 is 40.7. The summed E-state index contributed by atoms with van der Waals surface area (Å²) in [5, 5.41) is 5.71. The van der Waals surface area contributed by atoms with Crippen LogP contribution in [0.25, 0.3) is 10.9 Å². The van der Waals surface area contributed by atoms with Crippen molar-refractivity contribution in [2.24, 2.45) is 0 Å². The first-order valence-corrected chi connectivity index (χ1v) is 13.6. The van der Waals surface area contributed by atoms with E-state index in [0.29, 0.717) is 28.1 Å². The Hall–Kier alpha value is -3.06. The zero-order valence-corrected chi connectivity index (χ0v) is 19.2. The fourth-order valence-electron chi connectivity index (χ4n) is 3.53. The standard InChI is InChI=1S/C24H24F2N2O2Si/c1-24(2,20-13-21(30-28-20)31(3,4)5)22-17(25)9-7-11-19(22)29-16-12-15-8-6-10-18(26)23(15)27-14-16/h6-14H,1-5H3. The van der Waals surface area contributed by atoms with Crippen LogP contribution in [0.4, 0.5) is 8.78 Å². The van der Waals surface area contributed by atoms with Crippen molar-refractivity contribution in [3.8, 4) is 11.5 Å². The lowest BCUT2D eigenvalue weighted by Crippen LogP contribution is -2.36. The smallest absolute Gasteiger partial charge is 0.149 e. The molecule has 7 heteroatoms. The topological polar surface area (TPSA) is 48.2 Å². The summed E-state index contributed by atoms with van der Waals surface area (Å²) in [5.41, 5.74) is 0.456. The van der Waals surface area contributed by atoms with Crippen LogP contribution in [0.1, 0.15) is 25.1 Å². The molecule has 2 heterocycles. The second kappa shape index (κ2) is 7.57. The normalized spacial score (nSPS) is 12.4. The van der Waals surface area contributed by atoms with Crippen LogP contribution < -0.4 is 10.1 Å². The fourth-order valence-corrected chi connectivity index (χ4v) is 4.42. The predicted molar refractivity (Wildman–Crippen MR) is 120 cm³/mol. The molecular formula is C24H24F2N2O2Si. The van der Waals surface area contributed by atoms with E-state index in [4.69, 9.17) is 9.26 Å². The molecule has 0 fully saturated rings. The van der Waals surface area contributed by atoms with Gasteiger partial charge in [0.05, 0.1) is 11.9 Å². The molecular weight excluding hydrogens is 414 g/mol. The first kappa shape index (κ1) is 21.2. The molecule has 0 N–H and O–H groups in total. The number of hydrogen-bond donors (Lipinski definition) is 0. The number of ether oxygens (including phenoxy) is 1. The third-order valence-electron chi connectivity index (χ3n) is 5.35. The molecule has 0 spiro atoms. The Balaban J connectivity index is 1.76. The summed E-state index contributed by atoms with van der Waals surface area (Å²) >= 11 is 0. The number of para-hydroxylation sites is 1. The van der Waals surface area contributed by atoms with Gasteiger partial charge < -0.3 is 9.26 Å². The van der Waals surface area contributed by atoms with E-state index in [1.165, 1.54) is 18.3 Å². The Morgan fingerprint density at radius 2 is 1.68 bits per heavy atom. The van der Waals surface area contributed by atoms with Gasteiger partial charge in [-0.05, 0) is 44.2 Å². The molecule has 0 atom stereocenters. The second-order valence-electron chi connectivity index (χ2n) is 9.15. The highest BCUT2D eigenvalue weighted by Gasteiger charge is 2.35. The van der Waals surface area contributed by atoms with E-state index in [1.54, 1.807) is 30.3 Å². The van der Waals surface area contributed by atoms with Gasteiger partial charge in [0.1, 0.15) is 42.1 Å². The maximum Gasteiger partial charge on any atom is 0.149 e. The first-order chi connectivity index (χ1) is 14.6. The van der Waals surface area contributed by atoms with Crippen molar-refractivity contribution in [1.82, 2.24) is 10.1 Å². The van der Waals surface area contributed by atoms with Gasteiger partial charge in [-0.25, -0.2) is 13.8 Å². The van der Waals surface area contributed by atoms with Crippen molar-refractivity contribution < 1.29 is 18.0 Å². The molecule has 4 rings (SSSR count). The van der Waals surface area contributed by atoms with E-state index >= 15 is 4.39 Å². The Labute approximate surface area is 180 Å². The lowest BCUT2D eigenvalue weighted by Gasteiger charge is -2.25. The minimum atomic E-state index is -1.70. The minimum Gasteiger partial charge on any atom is -0.455 e. The molecule has 2 aromatic carbocycles. The number of pyridine rings is 1. The molecule has 0 unspecified atom stereocenters. The van der Waals surface area contributed by atoms with Crippen molar-refractivity contribution in [1.29, 1.82) is 0 Å². The van der Waals surface area contributed by atoms with E-state index in [-0.39, 0.29) is 5.52 Å². The van der Waals surface area contributed by atoms with Crippen molar-refractivity contribution in [3.05, 3.63) is 77.6 Å². The lowest BCUT2D eigenvalue weighted by molar-refractivity contribution is 0.403. The zero-order chi connectivity index (χ0) is 22.4. The molecule has 2 aromatic heterocycles. The van der Waals surface area contributed by atoms with E-state index in [0.717, 1.165) is 5.38 Å². The lowest BCUT2D eigenvalue weighted by atomic mass is 9.80. The number of aromatic nitrogens is 2. The molecule has 0 aliphatic rings. The van der Waals surface area contributed by atoms with Crippen LogP contribution in [0, 0.1) is 11.6 Å². The van der Waals surface area contributed by atoms with Crippen LogP contribution in [-0.2, 0) is 5.41 Å². The highest BCUT2D eigenvalue weighted by Crippen LogP contribution is 2.40. The second-order valence-corrected chi connectivity index (χ2v) is 14.1. The summed E-state index contributed by atoms with van der Waals surface area (Å²) in [6.45, 7) is 10.3. The molecule has 0 saturated heterocycles.